The van der Waals surface area contributed by atoms with E-state index in [0.29, 0.717) is 13.0 Å². The van der Waals surface area contributed by atoms with E-state index in [4.69, 9.17) is 9.47 Å². The number of methoxy groups -OCH3 is 1. The lowest BCUT2D eigenvalue weighted by atomic mass is 9.90. The first-order valence-electron chi connectivity index (χ1n) is 12.8. The Morgan fingerprint density at radius 3 is 2.46 bits per heavy atom. The van der Waals surface area contributed by atoms with E-state index in [1.807, 2.05) is 36.7 Å². The third-order valence-corrected chi connectivity index (χ3v) is 7.63. The standard InChI is InChI=1S/C27H35FN4O3/c1-34-18-20-14-29-27(30-15-20)31-9-6-21(7-10-31)25-13-22(25)8-11-35-24-4-2-19(3-5-24)12-26(33)32-16-23(28)17-32/h2-5,14-15,21-23,25H,6-13,16-18H2,1H3/t22-,25?/m1/s1. The van der Waals surface area contributed by atoms with E-state index in [1.54, 1.807) is 12.0 Å². The maximum absolute atomic E-state index is 12.9. The maximum atomic E-state index is 12.9. The van der Waals surface area contributed by atoms with E-state index in [1.165, 1.54) is 19.3 Å². The van der Waals surface area contributed by atoms with Crippen LogP contribution < -0.4 is 9.64 Å². The molecule has 1 aromatic heterocycles. The van der Waals surface area contributed by atoms with Crippen molar-refractivity contribution in [1.82, 2.24) is 14.9 Å². The Morgan fingerprint density at radius 2 is 1.80 bits per heavy atom. The van der Waals surface area contributed by atoms with Gasteiger partial charge in [0.2, 0.25) is 11.9 Å². The van der Waals surface area contributed by atoms with Gasteiger partial charge in [0.05, 0.1) is 32.7 Å². The number of ether oxygens (including phenoxy) is 2. The zero-order valence-corrected chi connectivity index (χ0v) is 20.4. The number of nitrogens with zero attached hydrogens (tertiary/aromatic N) is 4. The molecule has 1 amide bonds. The van der Waals surface area contributed by atoms with Crippen LogP contribution in [-0.4, -0.2) is 66.8 Å². The number of piperidine rings is 1. The number of aromatic nitrogens is 2. The third kappa shape index (κ3) is 6.10. The lowest BCUT2D eigenvalue weighted by Crippen LogP contribution is -2.51. The highest BCUT2D eigenvalue weighted by atomic mass is 19.1. The molecule has 35 heavy (non-hydrogen) atoms. The number of carbonyl (C=O) groups is 1. The second kappa shape index (κ2) is 10.9. The minimum atomic E-state index is -0.854. The van der Waals surface area contributed by atoms with E-state index < -0.39 is 6.17 Å². The second-order valence-corrected chi connectivity index (χ2v) is 10.2. The third-order valence-electron chi connectivity index (χ3n) is 7.63. The molecule has 188 valence electrons. The van der Waals surface area contributed by atoms with Crippen molar-refractivity contribution in [1.29, 1.82) is 0 Å². The van der Waals surface area contributed by atoms with Crippen LogP contribution in [0.5, 0.6) is 5.75 Å². The number of rotatable bonds is 10. The lowest BCUT2D eigenvalue weighted by Gasteiger charge is -2.34. The van der Waals surface area contributed by atoms with Crippen molar-refractivity contribution in [2.45, 2.75) is 44.9 Å². The van der Waals surface area contributed by atoms with E-state index in [-0.39, 0.29) is 19.0 Å². The molecule has 3 aliphatic rings. The number of anilines is 1. The van der Waals surface area contributed by atoms with Gasteiger partial charge < -0.3 is 19.3 Å². The summed E-state index contributed by atoms with van der Waals surface area (Å²) in [5.74, 6) is 4.04. The van der Waals surface area contributed by atoms with Crippen molar-refractivity contribution >= 4 is 11.9 Å². The zero-order valence-electron chi connectivity index (χ0n) is 20.4. The molecule has 7 nitrogen and oxygen atoms in total. The molecule has 0 spiro atoms. The van der Waals surface area contributed by atoms with Crippen molar-refractivity contribution in [2.75, 3.05) is 44.8 Å². The number of halogens is 1. The first kappa shape index (κ1) is 24.0. The van der Waals surface area contributed by atoms with Gasteiger partial charge in [0, 0.05) is 38.2 Å². The Bertz CT molecular complexity index is 973. The molecular weight excluding hydrogens is 447 g/mol. The van der Waals surface area contributed by atoms with Crippen molar-refractivity contribution in [2.24, 2.45) is 17.8 Å². The summed E-state index contributed by atoms with van der Waals surface area (Å²) in [5, 5.41) is 0. The van der Waals surface area contributed by atoms with E-state index >= 15 is 0 Å². The molecule has 8 heteroatoms. The average molecular weight is 483 g/mol. The fourth-order valence-corrected chi connectivity index (χ4v) is 5.41. The average Bonchev–Trinajstić information content (AvgIpc) is 3.63. The van der Waals surface area contributed by atoms with Crippen molar-refractivity contribution in [3.63, 3.8) is 0 Å². The molecule has 1 unspecified atom stereocenters. The molecule has 0 radical (unpaired) electrons. The van der Waals surface area contributed by atoms with Gasteiger partial charge in [-0.1, -0.05) is 12.1 Å². The SMILES string of the molecule is COCc1cnc(N2CCC(C3C[C@H]3CCOc3ccc(CC(=O)N4CC(F)C4)cc3)CC2)nc1. The number of likely N-dealkylation sites (tertiary alicyclic amines) is 1. The van der Waals surface area contributed by atoms with Gasteiger partial charge in [-0.15, -0.1) is 0 Å². The van der Waals surface area contributed by atoms with E-state index in [9.17, 15) is 9.18 Å². The largest absolute Gasteiger partial charge is 0.494 e. The van der Waals surface area contributed by atoms with Gasteiger partial charge in [-0.05, 0) is 61.1 Å². The number of benzene rings is 1. The molecule has 1 aromatic carbocycles. The van der Waals surface area contributed by atoms with Gasteiger partial charge in [0.1, 0.15) is 11.9 Å². The molecule has 2 saturated heterocycles. The number of amides is 1. The molecule has 2 atom stereocenters. The topological polar surface area (TPSA) is 67.8 Å². The molecule has 3 heterocycles. The number of hydrogen-bond donors (Lipinski definition) is 0. The molecule has 1 aliphatic carbocycles. The smallest absolute Gasteiger partial charge is 0.227 e. The molecule has 3 fully saturated rings. The normalized spacial score (nSPS) is 22.7. The van der Waals surface area contributed by atoms with E-state index in [0.717, 1.165) is 66.7 Å². The maximum Gasteiger partial charge on any atom is 0.227 e. The van der Waals surface area contributed by atoms with Gasteiger partial charge in [0.15, 0.2) is 0 Å². The molecule has 0 N–H and O–H groups in total. The second-order valence-electron chi connectivity index (χ2n) is 10.2. The highest BCUT2D eigenvalue weighted by molar-refractivity contribution is 5.79. The highest BCUT2D eigenvalue weighted by Gasteiger charge is 2.43. The van der Waals surface area contributed by atoms with Crippen molar-refractivity contribution < 1.29 is 18.7 Å². The van der Waals surface area contributed by atoms with Gasteiger partial charge in [-0.25, -0.2) is 14.4 Å². The zero-order chi connectivity index (χ0) is 24.2. The van der Waals surface area contributed by atoms with Crippen LogP contribution in [-0.2, 0) is 22.6 Å². The van der Waals surface area contributed by atoms with Crippen LogP contribution in [0.1, 0.15) is 36.8 Å². The number of alkyl halides is 1. The van der Waals surface area contributed by atoms with Gasteiger partial charge in [-0.2, -0.15) is 0 Å². The molecule has 2 aliphatic heterocycles. The van der Waals surface area contributed by atoms with Crippen molar-refractivity contribution in [3.05, 3.63) is 47.8 Å². The van der Waals surface area contributed by atoms with Crippen LogP contribution in [0.2, 0.25) is 0 Å². The summed E-state index contributed by atoms with van der Waals surface area (Å²) in [4.78, 5) is 25.0. The first-order chi connectivity index (χ1) is 17.1. The Morgan fingerprint density at radius 1 is 1.09 bits per heavy atom. The number of carbonyl (C=O) groups excluding carboxylic acids is 1. The van der Waals surface area contributed by atoms with Crippen LogP contribution in [0.4, 0.5) is 10.3 Å². The highest BCUT2D eigenvalue weighted by Crippen LogP contribution is 2.49. The minimum absolute atomic E-state index is 0.00862. The van der Waals surface area contributed by atoms with Crippen LogP contribution in [0.25, 0.3) is 0 Å². The van der Waals surface area contributed by atoms with Gasteiger partial charge >= 0.3 is 0 Å². The summed E-state index contributed by atoms with van der Waals surface area (Å²) in [7, 11) is 1.68. The quantitative estimate of drug-likeness (QED) is 0.515. The van der Waals surface area contributed by atoms with Crippen LogP contribution >= 0.6 is 0 Å². The van der Waals surface area contributed by atoms with Crippen LogP contribution in [0, 0.1) is 17.8 Å². The Labute approximate surface area is 206 Å². The summed E-state index contributed by atoms with van der Waals surface area (Å²) in [6, 6.07) is 7.73. The predicted octanol–water partition coefficient (Wildman–Crippen LogP) is 3.67. The molecular formula is C27H35FN4O3. The predicted molar refractivity (Wildman–Crippen MR) is 131 cm³/mol. The molecule has 0 bridgehead atoms. The fraction of sp³-hybridized carbons (Fsp3) is 0.593. The summed E-state index contributed by atoms with van der Waals surface area (Å²) < 4.78 is 24.0. The summed E-state index contributed by atoms with van der Waals surface area (Å²) in [6.45, 7) is 3.79. The molecule has 2 aromatic rings. The Balaban J connectivity index is 0.983. The van der Waals surface area contributed by atoms with Crippen molar-refractivity contribution in [3.8, 4) is 5.75 Å². The lowest BCUT2D eigenvalue weighted by molar-refractivity contribution is -0.137. The molecule has 1 saturated carbocycles. The van der Waals surface area contributed by atoms with E-state index in [2.05, 4.69) is 14.9 Å². The fourth-order valence-electron chi connectivity index (χ4n) is 5.41. The summed E-state index contributed by atoms with van der Waals surface area (Å²) >= 11 is 0. The van der Waals surface area contributed by atoms with Gasteiger partial charge in [0.25, 0.3) is 0 Å². The monoisotopic (exact) mass is 482 g/mol. The molecule has 5 rings (SSSR count). The summed E-state index contributed by atoms with van der Waals surface area (Å²) in [5.41, 5.74) is 1.94. The van der Waals surface area contributed by atoms with Crippen LogP contribution in [0.15, 0.2) is 36.7 Å². The minimum Gasteiger partial charge on any atom is -0.494 e. The Hall–Kier alpha value is -2.74. The number of hydrogen-bond acceptors (Lipinski definition) is 6. The summed E-state index contributed by atoms with van der Waals surface area (Å²) in [6.07, 6.45) is 7.99. The van der Waals surface area contributed by atoms with Crippen LogP contribution in [0.3, 0.4) is 0 Å². The van der Waals surface area contributed by atoms with Gasteiger partial charge in [-0.3, -0.25) is 4.79 Å². The first-order valence-corrected chi connectivity index (χ1v) is 12.8. The Kier molecular flexibility index (Phi) is 7.46.